The second-order valence-corrected chi connectivity index (χ2v) is 10.1. The predicted molar refractivity (Wildman–Crippen MR) is 136 cm³/mol. The number of aromatic nitrogens is 1. The minimum atomic E-state index is -0.603. The number of piperazine rings is 1. The highest BCUT2D eigenvalue weighted by Gasteiger charge is 2.26. The number of aryl methyl sites for hydroxylation is 1. The van der Waals surface area contributed by atoms with Crippen molar-refractivity contribution in [1.82, 2.24) is 20.1 Å². The summed E-state index contributed by atoms with van der Waals surface area (Å²) in [5, 5.41) is 14.7. The summed E-state index contributed by atoms with van der Waals surface area (Å²) >= 11 is 11.6. The molecular weight excluding hydrogens is 480 g/mol. The molecule has 3 aromatic rings. The molecule has 176 valence electrons. The van der Waals surface area contributed by atoms with Gasteiger partial charge in [0.2, 0.25) is 0 Å². The Balaban J connectivity index is 1.27. The number of aliphatic hydroxyl groups is 1. The number of β-amino-alcohol motifs (C(OH)–C–C–N with tert-alkyl or cyclic N) is 1. The van der Waals surface area contributed by atoms with Crippen LogP contribution in [-0.4, -0.2) is 70.6 Å². The van der Waals surface area contributed by atoms with Gasteiger partial charge in [-0.15, -0.1) is 11.3 Å². The predicted octanol–water partition coefficient (Wildman–Crippen LogP) is 3.95. The maximum Gasteiger partial charge on any atom is 0.277 e. The monoisotopic (exact) mass is 506 g/mol. The molecule has 1 amide bonds. The van der Waals surface area contributed by atoms with Gasteiger partial charge in [0.1, 0.15) is 24.6 Å². The highest BCUT2D eigenvalue weighted by atomic mass is 35.5. The second kappa shape index (κ2) is 11.0. The summed E-state index contributed by atoms with van der Waals surface area (Å²) in [4.78, 5) is 20.5. The zero-order valence-electron chi connectivity index (χ0n) is 18.3. The van der Waals surface area contributed by atoms with Crippen molar-refractivity contribution in [1.29, 1.82) is 0 Å². The number of amides is 1. The van der Waals surface area contributed by atoms with E-state index in [4.69, 9.17) is 16.3 Å². The van der Waals surface area contributed by atoms with Crippen molar-refractivity contribution in [3.05, 3.63) is 58.1 Å². The van der Waals surface area contributed by atoms with Crippen molar-refractivity contribution < 1.29 is 14.6 Å². The van der Waals surface area contributed by atoms with Crippen molar-refractivity contribution >= 4 is 51.0 Å². The molecule has 0 aliphatic carbocycles. The smallest absolute Gasteiger partial charge is 0.277 e. The lowest BCUT2D eigenvalue weighted by Crippen LogP contribution is -2.52. The van der Waals surface area contributed by atoms with Gasteiger partial charge >= 0.3 is 0 Å². The number of hydrogen-bond acceptors (Lipinski definition) is 7. The fourth-order valence-electron chi connectivity index (χ4n) is 4.01. The quantitative estimate of drug-likeness (QED) is 0.401. The number of ether oxygens (including phenoxy) is 1. The third-order valence-electron chi connectivity index (χ3n) is 5.60. The van der Waals surface area contributed by atoms with E-state index < -0.39 is 6.10 Å². The summed E-state index contributed by atoms with van der Waals surface area (Å²) in [5.74, 6) is 0.713. The number of benzene rings is 2. The summed E-state index contributed by atoms with van der Waals surface area (Å²) in [6.45, 7) is 5.76. The number of thiazole rings is 1. The Kier molecular flexibility index (Phi) is 8.11. The lowest BCUT2D eigenvalue weighted by atomic mass is 10.1. The van der Waals surface area contributed by atoms with Gasteiger partial charge in [-0.05, 0) is 36.8 Å². The normalized spacial score (nSPS) is 17.1. The van der Waals surface area contributed by atoms with Crippen molar-refractivity contribution in [2.75, 3.05) is 39.3 Å². The van der Waals surface area contributed by atoms with Crippen molar-refractivity contribution in [3.63, 3.8) is 0 Å². The first-order valence-electron chi connectivity index (χ1n) is 10.8. The summed E-state index contributed by atoms with van der Waals surface area (Å²) in [6, 6.07) is 13.3. The molecule has 0 radical (unpaired) electrons. The van der Waals surface area contributed by atoms with E-state index in [1.54, 1.807) is 11.3 Å². The molecule has 7 nitrogen and oxygen atoms in total. The van der Waals surface area contributed by atoms with Crippen molar-refractivity contribution in [2.45, 2.75) is 19.2 Å². The fourth-order valence-corrected chi connectivity index (χ4v) is 5.06. The van der Waals surface area contributed by atoms with E-state index in [-0.39, 0.29) is 18.0 Å². The number of halogens is 1. The van der Waals surface area contributed by atoms with Gasteiger partial charge in [-0.2, -0.15) is 0 Å². The van der Waals surface area contributed by atoms with Gasteiger partial charge in [-0.1, -0.05) is 36.4 Å². The van der Waals surface area contributed by atoms with Gasteiger partial charge in [-0.25, -0.2) is 4.98 Å². The first-order chi connectivity index (χ1) is 15.9. The lowest BCUT2D eigenvalue weighted by molar-refractivity contribution is 0.0334. The first kappa shape index (κ1) is 24.3. The Hall–Kier alpha value is -1.88. The molecule has 2 aromatic carbocycles. The number of fused-ring (bicyclic) bond motifs is 1. The molecule has 2 N–H and O–H groups in total. The number of nitrogens with zero attached hydrogens (tertiary/aromatic N) is 3. The van der Waals surface area contributed by atoms with Gasteiger partial charge in [0, 0.05) is 43.8 Å². The van der Waals surface area contributed by atoms with Crippen molar-refractivity contribution in [3.8, 4) is 5.75 Å². The highest BCUT2D eigenvalue weighted by Crippen LogP contribution is 2.26. The van der Waals surface area contributed by atoms with Crippen LogP contribution in [0.15, 0.2) is 42.5 Å². The summed E-state index contributed by atoms with van der Waals surface area (Å²) in [7, 11) is 0. The molecule has 0 bridgehead atoms. The van der Waals surface area contributed by atoms with Gasteiger partial charge in [0.25, 0.3) is 5.24 Å². The number of aliphatic hydroxyl groups excluding tert-OH is 1. The maximum atomic E-state index is 11.6. The van der Waals surface area contributed by atoms with Crippen LogP contribution >= 0.6 is 35.6 Å². The van der Waals surface area contributed by atoms with Crippen LogP contribution in [0.25, 0.3) is 10.2 Å². The van der Waals surface area contributed by atoms with Crippen LogP contribution in [0, 0.1) is 6.92 Å². The molecule has 1 aromatic heterocycles. The van der Waals surface area contributed by atoms with Crippen molar-refractivity contribution in [2.24, 2.45) is 0 Å². The van der Waals surface area contributed by atoms with E-state index in [0.29, 0.717) is 17.3 Å². The molecule has 0 spiro atoms. The summed E-state index contributed by atoms with van der Waals surface area (Å²) < 4.78 is 6.94. The van der Waals surface area contributed by atoms with Gasteiger partial charge in [0.15, 0.2) is 0 Å². The van der Waals surface area contributed by atoms with E-state index in [9.17, 15) is 9.90 Å². The molecule has 2 atom stereocenters. The molecule has 33 heavy (non-hydrogen) atoms. The largest absolute Gasteiger partial charge is 0.491 e. The van der Waals surface area contributed by atoms with Gasteiger partial charge in [0.05, 0.1) is 15.2 Å². The SMILES string of the molecule is Cc1nc2cc(OC[C@H](O)CN3CCN(C(NC(=O)S)c4ccc(Cl)cc4)CC3)ccc2s1. The Morgan fingerprint density at radius 3 is 2.67 bits per heavy atom. The molecule has 0 saturated carbocycles. The number of thiol groups is 1. The topological polar surface area (TPSA) is 77.9 Å². The molecule has 4 rings (SSSR count). The molecular formula is C23H27ClN4O3S2. The molecule has 2 heterocycles. The molecule has 1 aliphatic rings. The standard InChI is InChI=1S/C23H27ClN4O3S2/c1-15-25-20-12-19(6-7-21(20)33-15)31-14-18(29)13-27-8-10-28(11-9-27)22(26-23(30)32)16-2-4-17(24)5-3-16/h2-7,12,18,22,29H,8-11,13-14H2,1H3,(H2,26,30,32)/t18-,22?/m1/s1. The zero-order chi connectivity index (χ0) is 23.4. The van der Waals surface area contributed by atoms with Crippen LogP contribution in [0.5, 0.6) is 5.75 Å². The summed E-state index contributed by atoms with van der Waals surface area (Å²) in [6.07, 6.45) is -0.874. The van der Waals surface area contributed by atoms with E-state index in [0.717, 1.165) is 47.0 Å². The number of nitrogens with one attached hydrogen (secondary N) is 1. The van der Waals surface area contributed by atoms with Crippen LogP contribution in [0.4, 0.5) is 4.79 Å². The van der Waals surface area contributed by atoms with Crippen LogP contribution in [0.2, 0.25) is 5.02 Å². The second-order valence-electron chi connectivity index (χ2n) is 8.07. The Labute approximate surface area is 207 Å². The third-order valence-corrected chi connectivity index (χ3v) is 6.93. The highest BCUT2D eigenvalue weighted by molar-refractivity contribution is 7.96. The van der Waals surface area contributed by atoms with E-state index in [1.165, 1.54) is 0 Å². The average Bonchev–Trinajstić information content (AvgIpc) is 3.16. The number of carbonyl (C=O) groups excluding carboxylic acids is 1. The number of carbonyl (C=O) groups is 1. The molecule has 1 fully saturated rings. The Morgan fingerprint density at radius 1 is 1.24 bits per heavy atom. The van der Waals surface area contributed by atoms with Crippen LogP contribution in [0.1, 0.15) is 16.7 Å². The minimum absolute atomic E-state index is 0.220. The van der Waals surface area contributed by atoms with Crippen LogP contribution < -0.4 is 10.1 Å². The van der Waals surface area contributed by atoms with Gasteiger partial charge in [-0.3, -0.25) is 14.6 Å². The number of hydrogen-bond donors (Lipinski definition) is 3. The van der Waals surface area contributed by atoms with Crippen LogP contribution in [0.3, 0.4) is 0 Å². The van der Waals surface area contributed by atoms with Gasteiger partial charge < -0.3 is 15.2 Å². The average molecular weight is 507 g/mol. The summed E-state index contributed by atoms with van der Waals surface area (Å²) in [5.41, 5.74) is 1.88. The Bertz CT molecular complexity index is 1090. The molecule has 1 saturated heterocycles. The molecule has 1 unspecified atom stereocenters. The van der Waals surface area contributed by atoms with Crippen LogP contribution in [-0.2, 0) is 0 Å². The Morgan fingerprint density at radius 2 is 1.97 bits per heavy atom. The van der Waals surface area contributed by atoms with E-state index in [1.807, 2.05) is 49.4 Å². The zero-order valence-corrected chi connectivity index (χ0v) is 20.7. The lowest BCUT2D eigenvalue weighted by Gasteiger charge is -2.40. The van der Waals surface area contributed by atoms with E-state index >= 15 is 0 Å². The number of rotatable bonds is 8. The van der Waals surface area contributed by atoms with E-state index in [2.05, 4.69) is 32.7 Å². The molecule has 1 aliphatic heterocycles. The maximum absolute atomic E-state index is 11.6. The minimum Gasteiger partial charge on any atom is -0.491 e. The third kappa shape index (κ3) is 6.59. The first-order valence-corrected chi connectivity index (χ1v) is 12.4. The molecule has 10 heteroatoms. The fraction of sp³-hybridized carbons (Fsp3) is 0.391.